The van der Waals surface area contributed by atoms with Crippen LogP contribution in [0.5, 0.6) is 5.75 Å². The van der Waals surface area contributed by atoms with Crippen molar-refractivity contribution in [3.63, 3.8) is 0 Å². The number of H-pyrrole nitrogens is 1. The van der Waals surface area contributed by atoms with Gasteiger partial charge in [-0.05, 0) is 36.4 Å². The second-order valence-electron chi connectivity index (χ2n) is 6.90. The van der Waals surface area contributed by atoms with Crippen LogP contribution >= 0.6 is 0 Å². The van der Waals surface area contributed by atoms with Crippen LogP contribution < -0.4 is 15.0 Å². The van der Waals surface area contributed by atoms with Crippen molar-refractivity contribution in [3.8, 4) is 17.1 Å². The predicted molar refractivity (Wildman–Crippen MR) is 117 cm³/mol. The number of methoxy groups -OCH3 is 1. The molecule has 0 unspecified atom stereocenters. The summed E-state index contributed by atoms with van der Waals surface area (Å²) in [5, 5.41) is 10.7. The third-order valence-corrected chi connectivity index (χ3v) is 5.06. The molecular formula is C21H26N8O. The van der Waals surface area contributed by atoms with Crippen molar-refractivity contribution in [2.45, 2.75) is 6.54 Å². The molecule has 0 bridgehead atoms. The van der Waals surface area contributed by atoms with E-state index in [4.69, 9.17) is 4.74 Å². The Kier molecular flexibility index (Phi) is 6.07. The summed E-state index contributed by atoms with van der Waals surface area (Å²) in [5.41, 5.74) is 0.938. The molecule has 0 aliphatic carbocycles. The molecule has 0 radical (unpaired) electrons. The minimum atomic E-state index is 0.524. The number of pyridine rings is 1. The largest absolute Gasteiger partial charge is 0.497 e. The van der Waals surface area contributed by atoms with Crippen LogP contribution in [0, 0.1) is 0 Å². The predicted octanol–water partition coefficient (Wildman–Crippen LogP) is 1.77. The number of guanidine groups is 1. The molecule has 3 aromatic rings. The molecule has 0 saturated carbocycles. The summed E-state index contributed by atoms with van der Waals surface area (Å²) in [5.74, 6) is 4.11. The lowest BCUT2D eigenvalue weighted by molar-refractivity contribution is 0.371. The molecule has 2 aromatic heterocycles. The highest BCUT2D eigenvalue weighted by molar-refractivity contribution is 5.80. The lowest BCUT2D eigenvalue weighted by Gasteiger charge is -2.37. The number of ether oxygens (including phenoxy) is 1. The van der Waals surface area contributed by atoms with Crippen LogP contribution in [0.3, 0.4) is 0 Å². The Morgan fingerprint density at radius 2 is 1.93 bits per heavy atom. The molecule has 1 aliphatic rings. The molecule has 30 heavy (non-hydrogen) atoms. The number of hydrogen-bond acceptors (Lipinski definition) is 6. The van der Waals surface area contributed by atoms with Crippen LogP contribution in [-0.4, -0.2) is 71.4 Å². The van der Waals surface area contributed by atoms with Crippen molar-refractivity contribution in [1.82, 2.24) is 30.4 Å². The molecule has 3 heterocycles. The summed E-state index contributed by atoms with van der Waals surface area (Å²) in [6.45, 7) is 4.09. The van der Waals surface area contributed by atoms with E-state index in [-0.39, 0.29) is 0 Å². The lowest BCUT2D eigenvalue weighted by atomic mass is 10.2. The van der Waals surface area contributed by atoms with Crippen LogP contribution in [-0.2, 0) is 6.54 Å². The molecular weight excluding hydrogens is 380 g/mol. The number of rotatable bonds is 5. The van der Waals surface area contributed by atoms with E-state index in [1.807, 2.05) is 48.7 Å². The van der Waals surface area contributed by atoms with E-state index < -0.39 is 0 Å². The Hall–Kier alpha value is -3.62. The molecule has 0 atom stereocenters. The Bertz CT molecular complexity index is 962. The third kappa shape index (κ3) is 4.51. The van der Waals surface area contributed by atoms with E-state index in [2.05, 4.69) is 40.3 Å². The van der Waals surface area contributed by atoms with Gasteiger partial charge in [-0.3, -0.25) is 10.1 Å². The summed E-state index contributed by atoms with van der Waals surface area (Å²) in [6.07, 6.45) is 1.83. The van der Waals surface area contributed by atoms with E-state index in [1.54, 1.807) is 14.2 Å². The summed E-state index contributed by atoms with van der Waals surface area (Å²) >= 11 is 0. The van der Waals surface area contributed by atoms with Gasteiger partial charge in [0, 0.05) is 45.0 Å². The Balaban J connectivity index is 1.31. The van der Waals surface area contributed by atoms with Gasteiger partial charge in [0.1, 0.15) is 17.4 Å². The highest BCUT2D eigenvalue weighted by atomic mass is 16.5. The van der Waals surface area contributed by atoms with Crippen molar-refractivity contribution in [2.75, 3.05) is 45.2 Å². The van der Waals surface area contributed by atoms with Gasteiger partial charge in [-0.15, -0.1) is 0 Å². The number of hydrogen-bond donors (Lipinski definition) is 2. The number of piperazine rings is 1. The summed E-state index contributed by atoms with van der Waals surface area (Å²) in [4.78, 5) is 18.0. The topological polar surface area (TPSA) is 94.6 Å². The Labute approximate surface area is 175 Å². The second-order valence-corrected chi connectivity index (χ2v) is 6.90. The molecule has 2 N–H and O–H groups in total. The SMILES string of the molecule is CN=C(NCc1nc(-c2ccc(OC)cc2)n[nH]1)N1CCN(c2ccccn2)CC1. The highest BCUT2D eigenvalue weighted by Crippen LogP contribution is 2.19. The van der Waals surface area contributed by atoms with Gasteiger partial charge >= 0.3 is 0 Å². The van der Waals surface area contributed by atoms with Crippen LogP contribution in [0.15, 0.2) is 53.7 Å². The first-order valence-electron chi connectivity index (χ1n) is 9.94. The quantitative estimate of drug-likeness (QED) is 0.493. The molecule has 0 amide bonds. The Morgan fingerprint density at radius 1 is 1.13 bits per heavy atom. The average molecular weight is 406 g/mol. The zero-order chi connectivity index (χ0) is 20.8. The second kappa shape index (κ2) is 9.25. The number of aromatic amines is 1. The fourth-order valence-electron chi connectivity index (χ4n) is 3.43. The number of anilines is 1. The van der Waals surface area contributed by atoms with Crippen molar-refractivity contribution >= 4 is 11.8 Å². The van der Waals surface area contributed by atoms with Crippen LogP contribution in [0.4, 0.5) is 5.82 Å². The number of nitrogens with one attached hydrogen (secondary N) is 2. The van der Waals surface area contributed by atoms with E-state index >= 15 is 0 Å². The number of benzene rings is 1. The number of nitrogens with zero attached hydrogens (tertiary/aromatic N) is 6. The summed E-state index contributed by atoms with van der Waals surface area (Å²) in [7, 11) is 3.45. The molecule has 156 valence electrons. The normalized spacial score (nSPS) is 14.7. The van der Waals surface area contributed by atoms with Gasteiger partial charge in [-0.25, -0.2) is 9.97 Å². The van der Waals surface area contributed by atoms with Crippen LogP contribution in [0.25, 0.3) is 11.4 Å². The monoisotopic (exact) mass is 406 g/mol. The van der Waals surface area contributed by atoms with Gasteiger partial charge < -0.3 is 19.9 Å². The first-order chi connectivity index (χ1) is 14.8. The van der Waals surface area contributed by atoms with Crippen LogP contribution in [0.2, 0.25) is 0 Å². The maximum atomic E-state index is 5.19. The molecule has 1 aromatic carbocycles. The van der Waals surface area contributed by atoms with E-state index in [9.17, 15) is 0 Å². The number of aromatic nitrogens is 4. The van der Waals surface area contributed by atoms with Gasteiger partial charge in [0.05, 0.1) is 13.7 Å². The smallest absolute Gasteiger partial charge is 0.194 e. The average Bonchev–Trinajstić information content (AvgIpc) is 3.29. The van der Waals surface area contributed by atoms with Crippen LogP contribution in [0.1, 0.15) is 5.82 Å². The molecule has 4 rings (SSSR count). The molecule has 1 aliphatic heterocycles. The van der Waals surface area contributed by atoms with Gasteiger partial charge in [-0.1, -0.05) is 6.07 Å². The third-order valence-electron chi connectivity index (χ3n) is 5.06. The van der Waals surface area contributed by atoms with Crippen molar-refractivity contribution < 1.29 is 4.74 Å². The highest BCUT2D eigenvalue weighted by Gasteiger charge is 2.20. The minimum Gasteiger partial charge on any atom is -0.497 e. The van der Waals surface area contributed by atoms with Crippen molar-refractivity contribution in [3.05, 3.63) is 54.5 Å². The molecule has 0 spiro atoms. The van der Waals surface area contributed by atoms with Gasteiger partial charge in [0.15, 0.2) is 11.8 Å². The molecule has 9 nitrogen and oxygen atoms in total. The lowest BCUT2D eigenvalue weighted by Crippen LogP contribution is -2.52. The maximum absolute atomic E-state index is 5.19. The van der Waals surface area contributed by atoms with Gasteiger partial charge in [0.2, 0.25) is 0 Å². The molecule has 1 fully saturated rings. The van der Waals surface area contributed by atoms with Crippen molar-refractivity contribution in [1.29, 1.82) is 0 Å². The van der Waals surface area contributed by atoms with E-state index in [0.717, 1.165) is 55.1 Å². The van der Waals surface area contributed by atoms with Crippen molar-refractivity contribution in [2.24, 2.45) is 4.99 Å². The fraction of sp³-hybridized carbons (Fsp3) is 0.333. The zero-order valence-electron chi connectivity index (χ0n) is 17.2. The first kappa shape index (κ1) is 19.7. The zero-order valence-corrected chi connectivity index (χ0v) is 17.2. The fourth-order valence-corrected chi connectivity index (χ4v) is 3.43. The summed E-state index contributed by atoms with van der Waals surface area (Å²) < 4.78 is 5.19. The minimum absolute atomic E-state index is 0.524. The van der Waals surface area contributed by atoms with E-state index in [1.165, 1.54) is 0 Å². The van der Waals surface area contributed by atoms with Gasteiger partial charge in [-0.2, -0.15) is 5.10 Å². The maximum Gasteiger partial charge on any atom is 0.194 e. The molecule has 9 heteroatoms. The van der Waals surface area contributed by atoms with E-state index in [0.29, 0.717) is 12.4 Å². The summed E-state index contributed by atoms with van der Waals surface area (Å²) in [6, 6.07) is 13.7. The first-order valence-corrected chi connectivity index (χ1v) is 9.94. The van der Waals surface area contributed by atoms with Gasteiger partial charge in [0.25, 0.3) is 0 Å². The standard InChI is InChI=1S/C21H26N8O/c1-22-21(29-13-11-28(12-14-29)19-5-3-4-10-23-19)24-15-18-25-20(27-26-18)16-6-8-17(30-2)9-7-16/h3-10H,11-15H2,1-2H3,(H,22,24)(H,25,26,27). The molecule has 1 saturated heterocycles. The number of aliphatic imine (C=N–C) groups is 1. The Morgan fingerprint density at radius 3 is 2.60 bits per heavy atom.